The fraction of sp³-hybridized carbons (Fsp3) is 0.353. The van der Waals surface area contributed by atoms with Crippen LogP contribution >= 0.6 is 0 Å². The first-order valence-corrected chi connectivity index (χ1v) is 7.60. The Morgan fingerprint density at radius 3 is 3.00 bits per heavy atom. The average Bonchev–Trinajstić information content (AvgIpc) is 2.54. The number of hydrogen-bond acceptors (Lipinski definition) is 3. The number of carbonyl (C=O) groups excluding carboxylic acids is 1. The number of amides is 1. The predicted octanol–water partition coefficient (Wildman–Crippen LogP) is 2.23. The number of rotatable bonds is 3. The molecule has 1 aliphatic carbocycles. The molecule has 1 amide bonds. The van der Waals surface area contributed by atoms with Crippen LogP contribution in [0.1, 0.15) is 41.7 Å². The Balaban J connectivity index is 1.85. The second-order valence-electron chi connectivity index (χ2n) is 5.63. The standard InChI is InChI=1S/C17H19N3O2/c1-12-6-5-9-15-18-11-14(17(22)20(12)15)16(21)19-10-13-7-3-2-4-8-13/h5-7,9,11H,2-4,8,10H2,1H3,(H,19,21). The Hall–Kier alpha value is -2.43. The fourth-order valence-electron chi connectivity index (χ4n) is 2.78. The Morgan fingerprint density at radius 2 is 2.23 bits per heavy atom. The molecule has 0 atom stereocenters. The Labute approximate surface area is 128 Å². The Kier molecular flexibility index (Phi) is 4.04. The average molecular weight is 297 g/mol. The van der Waals surface area contributed by atoms with Crippen molar-refractivity contribution < 1.29 is 4.79 Å². The summed E-state index contributed by atoms with van der Waals surface area (Å²) in [6.07, 6.45) is 8.02. The van der Waals surface area contributed by atoms with E-state index in [1.807, 2.05) is 19.1 Å². The molecule has 5 heteroatoms. The highest BCUT2D eigenvalue weighted by atomic mass is 16.2. The molecular weight excluding hydrogens is 278 g/mol. The van der Waals surface area contributed by atoms with Crippen molar-refractivity contribution in [2.45, 2.75) is 32.6 Å². The van der Waals surface area contributed by atoms with Crippen LogP contribution < -0.4 is 10.9 Å². The summed E-state index contributed by atoms with van der Waals surface area (Å²) in [4.78, 5) is 29.0. The van der Waals surface area contributed by atoms with E-state index in [-0.39, 0.29) is 17.0 Å². The number of aromatic nitrogens is 2. The van der Waals surface area contributed by atoms with E-state index in [4.69, 9.17) is 0 Å². The number of nitrogens with zero attached hydrogens (tertiary/aromatic N) is 2. The Bertz CT molecular complexity index is 805. The van der Waals surface area contributed by atoms with E-state index in [0.29, 0.717) is 12.2 Å². The van der Waals surface area contributed by atoms with Crippen LogP contribution in [-0.4, -0.2) is 21.8 Å². The zero-order chi connectivity index (χ0) is 15.5. The van der Waals surface area contributed by atoms with Crippen molar-refractivity contribution in [2.24, 2.45) is 0 Å². The van der Waals surface area contributed by atoms with E-state index in [9.17, 15) is 9.59 Å². The second kappa shape index (κ2) is 6.13. The lowest BCUT2D eigenvalue weighted by Gasteiger charge is -2.13. The van der Waals surface area contributed by atoms with Gasteiger partial charge >= 0.3 is 0 Å². The number of allylic oxidation sites excluding steroid dienone is 1. The molecule has 0 aliphatic heterocycles. The molecule has 2 heterocycles. The number of fused-ring (bicyclic) bond motifs is 1. The van der Waals surface area contributed by atoms with Crippen LogP contribution in [0, 0.1) is 6.92 Å². The Morgan fingerprint density at radius 1 is 1.36 bits per heavy atom. The topological polar surface area (TPSA) is 63.5 Å². The molecule has 1 aliphatic rings. The molecule has 0 fully saturated rings. The maximum Gasteiger partial charge on any atom is 0.270 e. The van der Waals surface area contributed by atoms with Crippen LogP contribution in [0.15, 0.2) is 40.8 Å². The minimum absolute atomic E-state index is 0.0863. The molecule has 1 N–H and O–H groups in total. The summed E-state index contributed by atoms with van der Waals surface area (Å²) in [6, 6.07) is 5.42. The van der Waals surface area contributed by atoms with Crippen LogP contribution in [0.25, 0.3) is 5.65 Å². The summed E-state index contributed by atoms with van der Waals surface area (Å²) < 4.78 is 1.47. The lowest BCUT2D eigenvalue weighted by Crippen LogP contribution is -2.33. The van der Waals surface area contributed by atoms with Crippen molar-refractivity contribution in [3.63, 3.8) is 0 Å². The van der Waals surface area contributed by atoms with Crippen LogP contribution in [0.4, 0.5) is 0 Å². The lowest BCUT2D eigenvalue weighted by atomic mass is 10.00. The first kappa shape index (κ1) is 14.5. The summed E-state index contributed by atoms with van der Waals surface area (Å²) in [6.45, 7) is 2.33. The molecule has 0 aromatic carbocycles. The van der Waals surface area contributed by atoms with E-state index in [2.05, 4.69) is 16.4 Å². The SMILES string of the molecule is Cc1cccc2ncc(C(=O)NCC3=CCCCC3)c(=O)n12. The van der Waals surface area contributed by atoms with Gasteiger partial charge in [-0.25, -0.2) is 4.98 Å². The number of carbonyl (C=O) groups is 1. The molecule has 0 saturated heterocycles. The van der Waals surface area contributed by atoms with Gasteiger partial charge in [0.05, 0.1) is 0 Å². The minimum atomic E-state index is -0.360. The molecule has 0 spiro atoms. The number of hydrogen-bond donors (Lipinski definition) is 1. The summed E-state index contributed by atoms with van der Waals surface area (Å²) >= 11 is 0. The number of pyridine rings is 1. The normalized spacial score (nSPS) is 14.7. The molecule has 114 valence electrons. The number of aryl methyl sites for hydroxylation is 1. The van der Waals surface area contributed by atoms with Crippen LogP contribution in [0.2, 0.25) is 0 Å². The highest BCUT2D eigenvalue weighted by molar-refractivity contribution is 5.93. The monoisotopic (exact) mass is 297 g/mol. The number of nitrogens with one attached hydrogen (secondary N) is 1. The largest absolute Gasteiger partial charge is 0.348 e. The summed E-state index contributed by atoms with van der Waals surface area (Å²) in [5.41, 5.74) is 2.32. The highest BCUT2D eigenvalue weighted by Crippen LogP contribution is 2.16. The maximum atomic E-state index is 12.5. The van der Waals surface area contributed by atoms with E-state index < -0.39 is 0 Å². The van der Waals surface area contributed by atoms with Gasteiger partial charge in [0.1, 0.15) is 11.2 Å². The van der Waals surface area contributed by atoms with Crippen LogP contribution in [-0.2, 0) is 0 Å². The third kappa shape index (κ3) is 2.79. The first-order valence-electron chi connectivity index (χ1n) is 7.60. The van der Waals surface area contributed by atoms with Gasteiger partial charge in [-0.3, -0.25) is 14.0 Å². The molecule has 3 rings (SSSR count). The third-order valence-electron chi connectivity index (χ3n) is 4.03. The van der Waals surface area contributed by atoms with Gasteiger partial charge in [-0.1, -0.05) is 17.7 Å². The van der Waals surface area contributed by atoms with Crippen LogP contribution in [0.5, 0.6) is 0 Å². The molecule has 0 bridgehead atoms. The van der Waals surface area contributed by atoms with E-state index in [1.165, 1.54) is 29.0 Å². The van der Waals surface area contributed by atoms with Crippen molar-refractivity contribution in [3.05, 3.63) is 57.7 Å². The van der Waals surface area contributed by atoms with E-state index in [1.54, 1.807) is 6.07 Å². The smallest absolute Gasteiger partial charge is 0.270 e. The van der Waals surface area contributed by atoms with Gasteiger partial charge in [-0.2, -0.15) is 0 Å². The van der Waals surface area contributed by atoms with Crippen molar-refractivity contribution >= 4 is 11.6 Å². The van der Waals surface area contributed by atoms with Gasteiger partial charge in [-0.05, 0) is 44.7 Å². The zero-order valence-corrected chi connectivity index (χ0v) is 12.6. The highest BCUT2D eigenvalue weighted by Gasteiger charge is 2.14. The van der Waals surface area contributed by atoms with Crippen molar-refractivity contribution in [3.8, 4) is 0 Å². The van der Waals surface area contributed by atoms with Gasteiger partial charge in [-0.15, -0.1) is 0 Å². The van der Waals surface area contributed by atoms with Crippen LogP contribution in [0.3, 0.4) is 0 Å². The van der Waals surface area contributed by atoms with Gasteiger partial charge < -0.3 is 5.32 Å². The molecule has 2 aromatic heterocycles. The molecule has 2 aromatic rings. The molecule has 0 unspecified atom stereocenters. The van der Waals surface area contributed by atoms with E-state index in [0.717, 1.165) is 18.5 Å². The van der Waals surface area contributed by atoms with Gasteiger partial charge in [0.2, 0.25) is 0 Å². The fourth-order valence-corrected chi connectivity index (χ4v) is 2.78. The molecule has 22 heavy (non-hydrogen) atoms. The van der Waals surface area contributed by atoms with E-state index >= 15 is 0 Å². The second-order valence-corrected chi connectivity index (χ2v) is 5.63. The van der Waals surface area contributed by atoms with Crippen molar-refractivity contribution in [2.75, 3.05) is 6.54 Å². The van der Waals surface area contributed by atoms with Crippen molar-refractivity contribution in [1.29, 1.82) is 0 Å². The first-order chi connectivity index (χ1) is 10.7. The zero-order valence-electron chi connectivity index (χ0n) is 12.6. The molecule has 0 saturated carbocycles. The summed E-state index contributed by atoms with van der Waals surface area (Å²) in [5.74, 6) is -0.360. The van der Waals surface area contributed by atoms with Gasteiger partial charge in [0.15, 0.2) is 0 Å². The van der Waals surface area contributed by atoms with Gasteiger partial charge in [0.25, 0.3) is 11.5 Å². The summed E-state index contributed by atoms with van der Waals surface area (Å²) in [5, 5.41) is 2.83. The maximum absolute atomic E-state index is 12.5. The minimum Gasteiger partial charge on any atom is -0.348 e. The quantitative estimate of drug-likeness (QED) is 0.884. The predicted molar refractivity (Wildman–Crippen MR) is 85.1 cm³/mol. The lowest BCUT2D eigenvalue weighted by molar-refractivity contribution is 0.0954. The molecular formula is C17H19N3O2. The summed E-state index contributed by atoms with van der Waals surface area (Å²) in [7, 11) is 0. The molecule has 0 radical (unpaired) electrons. The van der Waals surface area contributed by atoms with Gasteiger partial charge in [0, 0.05) is 18.4 Å². The van der Waals surface area contributed by atoms with Crippen molar-refractivity contribution in [1.82, 2.24) is 14.7 Å². The third-order valence-corrected chi connectivity index (χ3v) is 4.03. The molecule has 5 nitrogen and oxygen atoms in total.